The minimum atomic E-state index is -0.443. The molecule has 2 rings (SSSR count). The lowest BCUT2D eigenvalue weighted by Crippen LogP contribution is -2.45. The number of likely N-dealkylation sites (N-methyl/N-ethyl adjacent to an activating group) is 1. The SMILES string of the molecule is CCN(CC(=O)Nc1ccc(OC)cc1)[C@H](C)C(=O)Nc1c(C)cc(C)cc1C. The molecule has 1 atom stereocenters. The fraction of sp³-hybridized carbons (Fsp3) is 0.391. The zero-order valence-corrected chi connectivity index (χ0v) is 18.1. The van der Waals surface area contributed by atoms with E-state index in [0.29, 0.717) is 12.2 Å². The van der Waals surface area contributed by atoms with Crippen LogP contribution in [0.2, 0.25) is 0 Å². The predicted octanol–water partition coefficient (Wildman–Crippen LogP) is 3.91. The van der Waals surface area contributed by atoms with Gasteiger partial charge < -0.3 is 15.4 Å². The highest BCUT2D eigenvalue weighted by Crippen LogP contribution is 2.22. The fourth-order valence-electron chi connectivity index (χ4n) is 3.35. The average molecular weight is 398 g/mol. The number of hydrogen-bond acceptors (Lipinski definition) is 4. The molecule has 0 aliphatic rings. The van der Waals surface area contributed by atoms with Gasteiger partial charge >= 0.3 is 0 Å². The first-order chi connectivity index (χ1) is 13.7. The molecule has 0 fully saturated rings. The Hall–Kier alpha value is -2.86. The molecule has 0 radical (unpaired) electrons. The maximum atomic E-state index is 12.8. The van der Waals surface area contributed by atoms with E-state index in [1.54, 1.807) is 31.4 Å². The van der Waals surface area contributed by atoms with Crippen molar-refractivity contribution in [2.24, 2.45) is 0 Å². The van der Waals surface area contributed by atoms with Gasteiger partial charge in [-0.1, -0.05) is 24.6 Å². The van der Waals surface area contributed by atoms with Crippen molar-refractivity contribution in [1.82, 2.24) is 4.90 Å². The summed E-state index contributed by atoms with van der Waals surface area (Å²) < 4.78 is 5.12. The number of amides is 2. The summed E-state index contributed by atoms with van der Waals surface area (Å²) in [6.07, 6.45) is 0. The van der Waals surface area contributed by atoms with E-state index in [1.807, 2.05) is 51.7 Å². The Morgan fingerprint density at radius 1 is 1.03 bits per heavy atom. The second-order valence-corrected chi connectivity index (χ2v) is 7.28. The molecule has 0 unspecified atom stereocenters. The number of hydrogen-bond donors (Lipinski definition) is 2. The zero-order valence-electron chi connectivity index (χ0n) is 18.1. The lowest BCUT2D eigenvalue weighted by molar-refractivity contribution is -0.123. The molecule has 0 saturated heterocycles. The minimum Gasteiger partial charge on any atom is -0.497 e. The lowest BCUT2D eigenvalue weighted by atomic mass is 10.0. The van der Waals surface area contributed by atoms with E-state index >= 15 is 0 Å². The van der Waals surface area contributed by atoms with Crippen LogP contribution in [-0.4, -0.2) is 43.0 Å². The summed E-state index contributed by atoms with van der Waals surface area (Å²) in [7, 11) is 1.60. The molecule has 2 amide bonds. The molecule has 29 heavy (non-hydrogen) atoms. The van der Waals surface area contributed by atoms with Crippen LogP contribution in [0.3, 0.4) is 0 Å². The third kappa shape index (κ3) is 6.06. The van der Waals surface area contributed by atoms with Crippen molar-refractivity contribution in [3.8, 4) is 5.75 Å². The number of benzene rings is 2. The van der Waals surface area contributed by atoms with Gasteiger partial charge in [-0.2, -0.15) is 0 Å². The van der Waals surface area contributed by atoms with Gasteiger partial charge in [0.25, 0.3) is 0 Å². The van der Waals surface area contributed by atoms with Gasteiger partial charge in [0.1, 0.15) is 5.75 Å². The normalized spacial score (nSPS) is 11.8. The van der Waals surface area contributed by atoms with Crippen LogP contribution in [0.5, 0.6) is 5.75 Å². The standard InChI is InChI=1S/C23H31N3O3/c1-7-26(14-21(27)24-19-8-10-20(29-6)11-9-19)18(5)23(28)25-22-16(3)12-15(2)13-17(22)4/h8-13,18H,7,14H2,1-6H3,(H,24,27)(H,25,28)/t18-/m1/s1. The highest BCUT2D eigenvalue weighted by atomic mass is 16.5. The topological polar surface area (TPSA) is 70.7 Å². The quantitative estimate of drug-likeness (QED) is 0.709. The van der Waals surface area contributed by atoms with Gasteiger partial charge in [0.2, 0.25) is 11.8 Å². The summed E-state index contributed by atoms with van der Waals surface area (Å²) in [5.41, 5.74) is 4.75. The number of carbonyl (C=O) groups excluding carboxylic acids is 2. The van der Waals surface area contributed by atoms with Crippen LogP contribution in [0, 0.1) is 20.8 Å². The Labute approximate surface area is 173 Å². The summed E-state index contributed by atoms with van der Waals surface area (Å²) in [4.78, 5) is 27.1. The highest BCUT2D eigenvalue weighted by Gasteiger charge is 2.23. The van der Waals surface area contributed by atoms with E-state index in [-0.39, 0.29) is 18.4 Å². The molecule has 0 saturated carbocycles. The maximum absolute atomic E-state index is 12.8. The highest BCUT2D eigenvalue weighted by molar-refractivity contribution is 5.97. The van der Waals surface area contributed by atoms with Crippen LogP contribution in [0.15, 0.2) is 36.4 Å². The smallest absolute Gasteiger partial charge is 0.241 e. The Balaban J connectivity index is 2.00. The van der Waals surface area contributed by atoms with Crippen molar-refractivity contribution in [1.29, 1.82) is 0 Å². The van der Waals surface area contributed by atoms with E-state index < -0.39 is 6.04 Å². The third-order valence-electron chi connectivity index (χ3n) is 4.98. The third-order valence-corrected chi connectivity index (χ3v) is 4.98. The summed E-state index contributed by atoms with van der Waals surface area (Å²) in [5.74, 6) is 0.434. The Morgan fingerprint density at radius 2 is 1.62 bits per heavy atom. The van der Waals surface area contributed by atoms with Gasteiger partial charge in [0, 0.05) is 11.4 Å². The molecule has 0 aliphatic carbocycles. The van der Waals surface area contributed by atoms with Gasteiger partial charge in [-0.25, -0.2) is 0 Å². The van der Waals surface area contributed by atoms with Crippen molar-refractivity contribution in [2.45, 2.75) is 40.7 Å². The molecule has 2 N–H and O–H groups in total. The molecule has 6 nitrogen and oxygen atoms in total. The van der Waals surface area contributed by atoms with Crippen molar-refractivity contribution in [2.75, 3.05) is 30.8 Å². The van der Waals surface area contributed by atoms with Crippen molar-refractivity contribution in [3.05, 3.63) is 53.1 Å². The first-order valence-corrected chi connectivity index (χ1v) is 9.81. The van der Waals surface area contributed by atoms with E-state index in [9.17, 15) is 9.59 Å². The molecular weight excluding hydrogens is 366 g/mol. The molecule has 0 bridgehead atoms. The van der Waals surface area contributed by atoms with Gasteiger partial charge in [0.05, 0.1) is 19.7 Å². The Kier molecular flexibility index (Phi) is 7.79. The number of nitrogens with zero attached hydrogens (tertiary/aromatic N) is 1. The van der Waals surface area contributed by atoms with Crippen LogP contribution in [0.4, 0.5) is 11.4 Å². The van der Waals surface area contributed by atoms with Crippen molar-refractivity contribution < 1.29 is 14.3 Å². The lowest BCUT2D eigenvalue weighted by Gasteiger charge is -2.27. The van der Waals surface area contributed by atoms with Crippen molar-refractivity contribution >= 4 is 23.2 Å². The van der Waals surface area contributed by atoms with Gasteiger partial charge in [-0.15, -0.1) is 0 Å². The molecule has 2 aromatic carbocycles. The molecule has 0 aliphatic heterocycles. The molecule has 2 aromatic rings. The monoisotopic (exact) mass is 397 g/mol. The summed E-state index contributed by atoms with van der Waals surface area (Å²) in [5, 5.41) is 5.89. The first kappa shape index (κ1) is 22.4. The van der Waals surface area contributed by atoms with E-state index in [2.05, 4.69) is 10.6 Å². The number of anilines is 2. The number of carbonyl (C=O) groups is 2. The van der Waals surface area contributed by atoms with Crippen LogP contribution < -0.4 is 15.4 Å². The van der Waals surface area contributed by atoms with E-state index in [0.717, 1.165) is 28.1 Å². The minimum absolute atomic E-state index is 0.126. The summed E-state index contributed by atoms with van der Waals surface area (Å²) >= 11 is 0. The van der Waals surface area contributed by atoms with Crippen LogP contribution in [0.25, 0.3) is 0 Å². The second-order valence-electron chi connectivity index (χ2n) is 7.28. The maximum Gasteiger partial charge on any atom is 0.241 e. The predicted molar refractivity (Wildman–Crippen MR) is 118 cm³/mol. The van der Waals surface area contributed by atoms with E-state index in [4.69, 9.17) is 4.74 Å². The molecule has 0 heterocycles. The largest absolute Gasteiger partial charge is 0.497 e. The molecule has 0 aromatic heterocycles. The number of aryl methyl sites for hydroxylation is 3. The summed E-state index contributed by atoms with van der Waals surface area (Å²) in [6.45, 7) is 10.5. The molecule has 6 heteroatoms. The molecule has 0 spiro atoms. The van der Waals surface area contributed by atoms with Gasteiger partial charge in [-0.3, -0.25) is 14.5 Å². The van der Waals surface area contributed by atoms with Crippen molar-refractivity contribution in [3.63, 3.8) is 0 Å². The molecule has 156 valence electrons. The number of ether oxygens (including phenoxy) is 1. The first-order valence-electron chi connectivity index (χ1n) is 9.81. The average Bonchev–Trinajstić information content (AvgIpc) is 2.68. The Morgan fingerprint density at radius 3 is 2.14 bits per heavy atom. The zero-order chi connectivity index (χ0) is 21.6. The van der Waals surface area contributed by atoms with Crippen LogP contribution in [-0.2, 0) is 9.59 Å². The number of nitrogens with one attached hydrogen (secondary N) is 2. The number of rotatable bonds is 8. The summed E-state index contributed by atoms with van der Waals surface area (Å²) in [6, 6.07) is 10.8. The fourth-order valence-corrected chi connectivity index (χ4v) is 3.35. The molecular formula is C23H31N3O3. The van der Waals surface area contributed by atoms with Gasteiger partial charge in [0.15, 0.2) is 0 Å². The van der Waals surface area contributed by atoms with Gasteiger partial charge in [-0.05, 0) is 69.6 Å². The second kappa shape index (κ2) is 10.1. The van der Waals surface area contributed by atoms with Crippen LogP contribution in [0.1, 0.15) is 30.5 Å². The van der Waals surface area contributed by atoms with E-state index in [1.165, 1.54) is 0 Å². The Bertz CT molecular complexity index is 839. The number of methoxy groups -OCH3 is 1. The van der Waals surface area contributed by atoms with Crippen LogP contribution >= 0.6 is 0 Å².